The molecule has 1 aromatic rings. The van der Waals surface area contributed by atoms with Gasteiger partial charge in [0.15, 0.2) is 5.78 Å². The minimum Gasteiger partial charge on any atom is -0.390 e. The molecule has 0 aliphatic heterocycles. The van der Waals surface area contributed by atoms with E-state index in [0.29, 0.717) is 23.7 Å². The number of ether oxygens (including phenoxy) is 1. The predicted octanol–water partition coefficient (Wildman–Crippen LogP) is 5.02. The van der Waals surface area contributed by atoms with Crippen LogP contribution in [0, 0.1) is 46.4 Å². The third-order valence-corrected chi connectivity index (χ3v) is 10.8. The molecule has 1 N–H and O–H groups in total. The second kappa shape index (κ2) is 8.44. The van der Waals surface area contributed by atoms with Crippen LogP contribution in [0.5, 0.6) is 0 Å². The Bertz CT molecular complexity index is 884. The summed E-state index contributed by atoms with van der Waals surface area (Å²) in [5, 5.41) is 10.9. The van der Waals surface area contributed by atoms with Crippen molar-refractivity contribution in [2.24, 2.45) is 40.4 Å². The number of nitrogens with zero attached hydrogens (tertiary/aromatic N) is 2. The Morgan fingerprint density at radius 3 is 2.73 bits per heavy atom. The summed E-state index contributed by atoms with van der Waals surface area (Å²) in [6.07, 6.45) is 13.6. The fourth-order valence-electron chi connectivity index (χ4n) is 9.26. The normalized spacial score (nSPS) is 44.7. The van der Waals surface area contributed by atoms with E-state index >= 15 is 0 Å². The second-order valence-electron chi connectivity index (χ2n) is 12.3. The Labute approximate surface area is 197 Å². The van der Waals surface area contributed by atoms with E-state index in [2.05, 4.69) is 11.9 Å². The monoisotopic (exact) mass is 460 g/mol. The lowest BCUT2D eigenvalue weighted by molar-refractivity contribution is -0.163. The van der Waals surface area contributed by atoms with Crippen LogP contribution < -0.4 is 0 Å². The minimum absolute atomic E-state index is 0.0484. The highest BCUT2D eigenvalue weighted by Gasteiger charge is 2.62. The molecule has 0 amide bonds. The molecule has 184 valence electrons. The molecule has 5 rings (SSSR count). The maximum atomic E-state index is 13.3. The van der Waals surface area contributed by atoms with Crippen molar-refractivity contribution in [2.45, 2.75) is 90.2 Å². The minimum atomic E-state index is -0.533. The lowest BCUT2D eigenvalue weighted by Gasteiger charge is -2.63. The van der Waals surface area contributed by atoms with E-state index in [1.54, 1.807) is 4.57 Å². The van der Waals surface area contributed by atoms with Crippen LogP contribution in [0.2, 0.25) is 0 Å². The maximum absolute atomic E-state index is 13.3. The summed E-state index contributed by atoms with van der Waals surface area (Å²) in [6.45, 7) is 5.42. The molecular weight excluding hydrogens is 419 g/mol. The smallest absolute Gasteiger partial charge is 0.230 e. The molecule has 0 spiro atoms. The van der Waals surface area contributed by atoms with E-state index in [0.717, 1.165) is 51.6 Å². The number of imidazole rings is 1. The van der Waals surface area contributed by atoms with Crippen LogP contribution >= 0.6 is 0 Å². The molecule has 5 nitrogen and oxygen atoms in total. The summed E-state index contributed by atoms with van der Waals surface area (Å²) < 4.78 is 20.5. The van der Waals surface area contributed by atoms with Gasteiger partial charge in [0.05, 0.1) is 24.7 Å². The van der Waals surface area contributed by atoms with Crippen molar-refractivity contribution in [3.8, 4) is 0 Å². The van der Waals surface area contributed by atoms with E-state index in [1.807, 2.05) is 14.0 Å². The third-order valence-electron chi connectivity index (χ3n) is 10.8. The maximum Gasteiger partial charge on any atom is 0.230 e. The number of methoxy groups -OCH3 is 1. The van der Waals surface area contributed by atoms with Gasteiger partial charge in [0.1, 0.15) is 0 Å². The van der Waals surface area contributed by atoms with Crippen molar-refractivity contribution >= 4 is 5.78 Å². The first-order valence-electron chi connectivity index (χ1n) is 13.1. The summed E-state index contributed by atoms with van der Waals surface area (Å²) >= 11 is 0. The number of hydrogen-bond acceptors (Lipinski definition) is 4. The van der Waals surface area contributed by atoms with Crippen molar-refractivity contribution in [2.75, 3.05) is 13.7 Å². The fourth-order valence-corrected chi connectivity index (χ4v) is 9.26. The molecule has 4 fully saturated rings. The third kappa shape index (κ3) is 3.89. The molecule has 4 aliphatic carbocycles. The van der Waals surface area contributed by atoms with Gasteiger partial charge >= 0.3 is 0 Å². The zero-order valence-electron chi connectivity index (χ0n) is 20.6. The topological polar surface area (TPSA) is 64.3 Å². The molecule has 1 heterocycles. The molecule has 0 unspecified atom stereocenters. The van der Waals surface area contributed by atoms with Crippen LogP contribution in [0.4, 0.5) is 4.39 Å². The summed E-state index contributed by atoms with van der Waals surface area (Å²) in [5.74, 6) is 2.30. The number of carbonyl (C=O) groups excluding carboxylic acids is 1. The number of ketones is 1. The van der Waals surface area contributed by atoms with Gasteiger partial charge in [0.25, 0.3) is 0 Å². The predicted molar refractivity (Wildman–Crippen MR) is 124 cm³/mol. The lowest BCUT2D eigenvalue weighted by atomic mass is 9.42. The number of hydrogen-bond donors (Lipinski definition) is 1. The highest BCUT2D eigenvalue weighted by molar-refractivity contribution is 5.82. The lowest BCUT2D eigenvalue weighted by Crippen LogP contribution is -2.57. The van der Waals surface area contributed by atoms with Crippen molar-refractivity contribution in [3.63, 3.8) is 0 Å². The number of halogens is 1. The summed E-state index contributed by atoms with van der Waals surface area (Å²) in [4.78, 5) is 17.0. The van der Waals surface area contributed by atoms with Crippen molar-refractivity contribution in [1.29, 1.82) is 0 Å². The number of Topliss-reactive ketones (excluding diaryl/α,β-unsaturated/α-hetero) is 1. The van der Waals surface area contributed by atoms with Gasteiger partial charge in [0.2, 0.25) is 5.95 Å². The van der Waals surface area contributed by atoms with Crippen LogP contribution in [0.1, 0.15) is 78.1 Å². The van der Waals surface area contributed by atoms with Gasteiger partial charge in [-0.05, 0) is 106 Å². The van der Waals surface area contributed by atoms with Crippen LogP contribution in [0.15, 0.2) is 12.5 Å². The fraction of sp³-hybridized carbons (Fsp3) is 0.852. The molecule has 33 heavy (non-hydrogen) atoms. The van der Waals surface area contributed by atoms with Crippen LogP contribution in [-0.4, -0.2) is 39.8 Å². The van der Waals surface area contributed by atoms with Gasteiger partial charge in [-0.3, -0.25) is 4.79 Å². The molecule has 6 heteroatoms. The summed E-state index contributed by atoms with van der Waals surface area (Å²) in [6, 6.07) is 0. The van der Waals surface area contributed by atoms with E-state index < -0.39 is 11.5 Å². The molecule has 4 saturated carbocycles. The average molecular weight is 461 g/mol. The Balaban J connectivity index is 1.37. The van der Waals surface area contributed by atoms with Gasteiger partial charge < -0.3 is 14.4 Å². The van der Waals surface area contributed by atoms with Gasteiger partial charge in [-0.25, -0.2) is 4.98 Å². The molecule has 4 aliphatic rings. The van der Waals surface area contributed by atoms with E-state index in [9.17, 15) is 14.3 Å². The Hall–Kier alpha value is -1.27. The Morgan fingerprint density at radius 1 is 1.18 bits per heavy atom. The first-order chi connectivity index (χ1) is 15.7. The molecule has 0 saturated heterocycles. The standard InChI is InChI=1S/C27H41FN2O3/c1-25(32)10-11-27(12-13-33-3)18(14-25)4-5-19-20-6-7-22(26(20,2)9-8-21(19)27)23(31)15-30-16-24(28)29-17-30/h16-22,32H,4-15H2,1-3H3/t18-,19+,20+,21+,22-,25-,26+,27-/m1/s1. The highest BCUT2D eigenvalue weighted by Crippen LogP contribution is 2.69. The number of aliphatic hydroxyl groups is 1. The Morgan fingerprint density at radius 2 is 2.00 bits per heavy atom. The van der Waals surface area contributed by atoms with Crippen molar-refractivity contribution < 1.29 is 19.0 Å². The number of rotatable bonds is 6. The first-order valence-corrected chi connectivity index (χ1v) is 13.1. The van der Waals surface area contributed by atoms with Crippen LogP contribution in [-0.2, 0) is 16.1 Å². The molecule has 8 atom stereocenters. The van der Waals surface area contributed by atoms with Crippen molar-refractivity contribution in [1.82, 2.24) is 9.55 Å². The van der Waals surface area contributed by atoms with Gasteiger partial charge in [0, 0.05) is 19.6 Å². The number of fused-ring (bicyclic) bond motifs is 5. The summed E-state index contributed by atoms with van der Waals surface area (Å²) in [7, 11) is 1.81. The Kier molecular flexibility index (Phi) is 6.00. The van der Waals surface area contributed by atoms with Crippen LogP contribution in [0.25, 0.3) is 0 Å². The molecule has 0 radical (unpaired) electrons. The molecule has 0 bridgehead atoms. The van der Waals surface area contributed by atoms with E-state index in [-0.39, 0.29) is 29.1 Å². The summed E-state index contributed by atoms with van der Waals surface area (Å²) in [5.41, 5.74) is -0.208. The number of aromatic nitrogens is 2. The largest absolute Gasteiger partial charge is 0.390 e. The quantitative estimate of drug-likeness (QED) is 0.648. The zero-order valence-corrected chi connectivity index (χ0v) is 20.6. The molecular formula is C27H41FN2O3. The number of carbonyl (C=O) groups is 1. The molecule has 1 aromatic heterocycles. The zero-order chi connectivity index (χ0) is 23.4. The van der Waals surface area contributed by atoms with Crippen LogP contribution in [0.3, 0.4) is 0 Å². The van der Waals surface area contributed by atoms with E-state index in [1.165, 1.54) is 31.8 Å². The van der Waals surface area contributed by atoms with E-state index in [4.69, 9.17) is 4.74 Å². The van der Waals surface area contributed by atoms with Gasteiger partial charge in [-0.2, -0.15) is 4.39 Å². The SMILES string of the molecule is COCC[C@]12CC[C@@](C)(O)C[C@H]1CC[C@H]1[C@@H]3CC[C@H](C(=O)Cn4cnc(F)c4)[C@@]3(C)CC[C@@H]12. The highest BCUT2D eigenvalue weighted by atomic mass is 19.1. The second-order valence-corrected chi connectivity index (χ2v) is 12.3. The molecule has 0 aromatic carbocycles. The van der Waals surface area contributed by atoms with Gasteiger partial charge in [-0.1, -0.05) is 6.92 Å². The first kappa shape index (κ1) is 23.5. The van der Waals surface area contributed by atoms with Crippen molar-refractivity contribution in [3.05, 3.63) is 18.5 Å². The average Bonchev–Trinajstić information content (AvgIpc) is 3.34. The van der Waals surface area contributed by atoms with Gasteiger partial charge in [-0.15, -0.1) is 0 Å².